The van der Waals surface area contributed by atoms with Gasteiger partial charge in [0, 0.05) is 0 Å². The number of hydrogen-bond donors (Lipinski definition) is 0. The molecule has 0 atom stereocenters. The van der Waals surface area contributed by atoms with Crippen molar-refractivity contribution in [1.82, 2.24) is 4.98 Å². The van der Waals surface area contributed by atoms with Gasteiger partial charge in [0.1, 0.15) is 0 Å². The van der Waals surface area contributed by atoms with E-state index in [-0.39, 0.29) is 0 Å². The van der Waals surface area contributed by atoms with Crippen LogP contribution in [0.1, 0.15) is 62.3 Å². The van der Waals surface area contributed by atoms with Crippen LogP contribution in [0.5, 0.6) is 0 Å². The van der Waals surface area contributed by atoms with Crippen LogP contribution >= 0.6 is 11.3 Å². The van der Waals surface area contributed by atoms with E-state index in [0.717, 1.165) is 0 Å². The standard InChI is InChI=1S/3C4H9.C3H2NS.Sn/c3*1-4(2)3;1-2-5-3-4-1;/h3*1-3H3;1-2H;. The predicted octanol–water partition coefficient (Wildman–Crippen LogP) is 5.20. The van der Waals surface area contributed by atoms with Crippen molar-refractivity contribution in [2.24, 2.45) is 0 Å². The van der Waals surface area contributed by atoms with Crippen molar-refractivity contribution in [3.05, 3.63) is 11.6 Å². The van der Waals surface area contributed by atoms with Crippen molar-refractivity contribution >= 4 is 32.7 Å². The molecule has 0 bridgehead atoms. The molecule has 0 aromatic carbocycles. The first-order valence-electron chi connectivity index (χ1n) is 6.75. The molecule has 104 valence electrons. The van der Waals surface area contributed by atoms with E-state index < -0.39 is 18.4 Å². The van der Waals surface area contributed by atoms with Gasteiger partial charge < -0.3 is 0 Å². The van der Waals surface area contributed by atoms with Crippen molar-refractivity contribution < 1.29 is 0 Å². The average molecular weight is 374 g/mol. The molecule has 0 radical (unpaired) electrons. The Morgan fingerprint density at radius 3 is 1.44 bits per heavy atom. The zero-order chi connectivity index (χ0) is 14.4. The van der Waals surface area contributed by atoms with Crippen LogP contribution in [0.4, 0.5) is 0 Å². The first-order valence-corrected chi connectivity index (χ1v) is 13.3. The Kier molecular flexibility index (Phi) is 4.36. The minimum absolute atomic E-state index is 0.364. The van der Waals surface area contributed by atoms with Crippen molar-refractivity contribution in [3.8, 4) is 0 Å². The Hall–Kier alpha value is 0.429. The first kappa shape index (κ1) is 16.5. The van der Waals surface area contributed by atoms with Crippen LogP contribution in [0.2, 0.25) is 10.3 Å². The number of hydrogen-bond acceptors (Lipinski definition) is 2. The summed E-state index contributed by atoms with van der Waals surface area (Å²) in [7, 11) is 0. The topological polar surface area (TPSA) is 12.9 Å². The van der Waals surface area contributed by atoms with Crippen LogP contribution in [-0.4, -0.2) is 23.4 Å². The summed E-state index contributed by atoms with van der Waals surface area (Å²) in [6, 6.07) is 0. The first-order chi connectivity index (χ1) is 7.86. The maximum absolute atomic E-state index is 4.80. The van der Waals surface area contributed by atoms with Crippen LogP contribution in [0.3, 0.4) is 0 Å². The third-order valence-electron chi connectivity index (χ3n) is 4.13. The summed E-state index contributed by atoms with van der Waals surface area (Å²) < 4.78 is 2.58. The van der Waals surface area contributed by atoms with Crippen LogP contribution in [0, 0.1) is 0 Å². The second-order valence-corrected chi connectivity index (χ2v) is 28.7. The van der Waals surface area contributed by atoms with E-state index in [4.69, 9.17) is 4.98 Å². The molecule has 0 spiro atoms. The van der Waals surface area contributed by atoms with E-state index in [0.29, 0.717) is 10.3 Å². The molecule has 0 unspecified atom stereocenters. The summed E-state index contributed by atoms with van der Waals surface area (Å²) in [6.07, 6.45) is 1.99. The molecule has 0 aliphatic heterocycles. The van der Waals surface area contributed by atoms with Crippen LogP contribution in [-0.2, 0) is 0 Å². The quantitative estimate of drug-likeness (QED) is 0.616. The van der Waals surface area contributed by atoms with Crippen LogP contribution in [0.25, 0.3) is 0 Å². The van der Waals surface area contributed by atoms with E-state index in [1.54, 1.807) is 0 Å². The maximum atomic E-state index is 4.80. The molecule has 1 aromatic heterocycles. The molecule has 1 aromatic rings. The Labute approximate surface area is 121 Å². The van der Waals surface area contributed by atoms with E-state index in [2.05, 4.69) is 67.7 Å². The van der Waals surface area contributed by atoms with Crippen molar-refractivity contribution in [3.63, 3.8) is 0 Å². The molecular formula is C15H29NSSn. The average Bonchev–Trinajstić information content (AvgIpc) is 2.48. The molecule has 0 aliphatic carbocycles. The number of aromatic nitrogens is 1. The minimum atomic E-state index is -2.77. The third-order valence-corrected chi connectivity index (χ3v) is 29.2. The van der Waals surface area contributed by atoms with Gasteiger partial charge in [0.05, 0.1) is 0 Å². The molecule has 1 nitrogen and oxygen atoms in total. The molecule has 18 heavy (non-hydrogen) atoms. The summed E-state index contributed by atoms with van der Waals surface area (Å²) in [4.78, 5) is 4.80. The molecule has 0 saturated carbocycles. The summed E-state index contributed by atoms with van der Waals surface area (Å²) in [6.45, 7) is 22.0. The molecule has 3 heteroatoms. The Morgan fingerprint density at radius 2 is 1.22 bits per heavy atom. The normalized spacial score (nSPS) is 14.9. The van der Waals surface area contributed by atoms with Gasteiger partial charge in [-0.05, 0) is 0 Å². The summed E-state index contributed by atoms with van der Waals surface area (Å²) >= 11 is -0.876. The summed E-state index contributed by atoms with van der Waals surface area (Å²) in [5, 5.41) is 2.16. The van der Waals surface area contributed by atoms with Gasteiger partial charge in [-0.15, -0.1) is 0 Å². The van der Waals surface area contributed by atoms with Gasteiger partial charge in [0.15, 0.2) is 0 Å². The van der Waals surface area contributed by atoms with E-state index in [9.17, 15) is 0 Å². The van der Waals surface area contributed by atoms with Crippen LogP contribution < -0.4 is 3.02 Å². The fourth-order valence-electron chi connectivity index (χ4n) is 4.75. The van der Waals surface area contributed by atoms with Gasteiger partial charge in [-0.25, -0.2) is 0 Å². The third kappa shape index (κ3) is 2.39. The molecular weight excluding hydrogens is 345 g/mol. The summed E-state index contributed by atoms with van der Waals surface area (Å²) in [5.41, 5.74) is 0. The molecule has 1 heterocycles. The van der Waals surface area contributed by atoms with Gasteiger partial charge in [-0.2, -0.15) is 0 Å². The summed E-state index contributed by atoms with van der Waals surface area (Å²) in [5.74, 6) is 0. The van der Waals surface area contributed by atoms with Crippen molar-refractivity contribution in [2.45, 2.75) is 72.6 Å². The number of thiazole rings is 1. The second kappa shape index (κ2) is 4.76. The van der Waals surface area contributed by atoms with Gasteiger partial charge in [-0.3, -0.25) is 0 Å². The Balaban J connectivity index is 3.70. The van der Waals surface area contributed by atoms with E-state index in [1.165, 1.54) is 3.02 Å². The zero-order valence-corrected chi connectivity index (χ0v) is 17.2. The fourth-order valence-corrected chi connectivity index (χ4v) is 39.1. The molecule has 0 aliphatic rings. The van der Waals surface area contributed by atoms with Gasteiger partial charge >= 0.3 is 122 Å². The number of rotatable bonds is 1. The van der Waals surface area contributed by atoms with Gasteiger partial charge in [0.25, 0.3) is 0 Å². The fraction of sp³-hybridized carbons (Fsp3) is 0.800. The monoisotopic (exact) mass is 375 g/mol. The van der Waals surface area contributed by atoms with Crippen molar-refractivity contribution in [2.75, 3.05) is 0 Å². The van der Waals surface area contributed by atoms with Crippen molar-refractivity contribution in [1.29, 1.82) is 0 Å². The molecule has 0 fully saturated rings. The Bertz CT molecular complexity index is 352. The molecule has 0 N–H and O–H groups in total. The predicted molar refractivity (Wildman–Crippen MR) is 86.6 cm³/mol. The molecule has 0 saturated heterocycles. The second-order valence-electron chi connectivity index (χ2n) is 8.34. The molecule has 0 amide bonds. The van der Waals surface area contributed by atoms with Gasteiger partial charge in [0.2, 0.25) is 0 Å². The number of nitrogens with zero attached hydrogens (tertiary/aromatic N) is 1. The van der Waals surface area contributed by atoms with Crippen LogP contribution in [0.15, 0.2) is 11.6 Å². The van der Waals surface area contributed by atoms with E-state index >= 15 is 0 Å². The van der Waals surface area contributed by atoms with Gasteiger partial charge in [-0.1, -0.05) is 0 Å². The van der Waals surface area contributed by atoms with E-state index in [1.807, 2.05) is 17.5 Å². The molecule has 1 rings (SSSR count). The Morgan fingerprint density at radius 1 is 0.833 bits per heavy atom. The SMILES string of the molecule is C[C](C)(C)[Sn]([c]1nccs1)([C](C)(C)C)[C](C)(C)C. The zero-order valence-electron chi connectivity index (χ0n) is 13.5.